The highest BCUT2D eigenvalue weighted by Crippen LogP contribution is 2.34. The Hall–Kier alpha value is -0.770. The molecule has 1 saturated carbocycles. The van der Waals surface area contributed by atoms with Gasteiger partial charge in [0.25, 0.3) is 0 Å². The molecule has 1 aliphatic rings. The van der Waals surface area contributed by atoms with Crippen LogP contribution < -0.4 is 10.6 Å². The van der Waals surface area contributed by atoms with Crippen LogP contribution >= 0.6 is 0 Å². The van der Waals surface area contributed by atoms with Crippen molar-refractivity contribution in [3.8, 4) is 0 Å². The normalized spacial score (nSPS) is 26.8. The molecule has 0 spiro atoms. The van der Waals surface area contributed by atoms with Crippen molar-refractivity contribution in [1.29, 1.82) is 0 Å². The maximum atomic E-state index is 11.3. The van der Waals surface area contributed by atoms with Crippen LogP contribution in [0.2, 0.25) is 0 Å². The Balaban J connectivity index is 2.10. The van der Waals surface area contributed by atoms with Gasteiger partial charge >= 0.3 is 6.03 Å². The van der Waals surface area contributed by atoms with E-state index in [1.807, 2.05) is 0 Å². The Bertz CT molecular complexity index is 197. The molecule has 3 unspecified atom stereocenters. The summed E-state index contributed by atoms with van der Waals surface area (Å²) < 4.78 is 0. The molecule has 4 heteroatoms. The summed E-state index contributed by atoms with van der Waals surface area (Å²) in [6.45, 7) is 3.91. The molecule has 2 amide bonds. The second kappa shape index (κ2) is 5.20. The fourth-order valence-corrected chi connectivity index (χ4v) is 1.59. The molecule has 82 valence electrons. The smallest absolute Gasteiger partial charge is 0.315 e. The fourth-order valence-electron chi connectivity index (χ4n) is 1.59. The summed E-state index contributed by atoms with van der Waals surface area (Å²) in [5.74, 6) is 0.676. The van der Waals surface area contributed by atoms with Crippen LogP contribution in [0.3, 0.4) is 0 Å². The van der Waals surface area contributed by atoms with E-state index in [9.17, 15) is 4.79 Å². The monoisotopic (exact) mass is 200 g/mol. The Morgan fingerprint density at radius 1 is 1.64 bits per heavy atom. The van der Waals surface area contributed by atoms with Crippen molar-refractivity contribution < 1.29 is 9.90 Å². The Morgan fingerprint density at radius 2 is 2.36 bits per heavy atom. The lowest BCUT2D eigenvalue weighted by Gasteiger charge is -2.11. The quantitative estimate of drug-likeness (QED) is 0.616. The van der Waals surface area contributed by atoms with Crippen LogP contribution in [0.4, 0.5) is 4.79 Å². The number of urea groups is 1. The number of aliphatic hydroxyl groups is 1. The van der Waals surface area contributed by atoms with Gasteiger partial charge in [-0.05, 0) is 25.7 Å². The molecule has 0 bridgehead atoms. The lowest BCUT2D eigenvalue weighted by atomic mass is 10.2. The van der Waals surface area contributed by atoms with E-state index in [0.29, 0.717) is 12.0 Å². The van der Waals surface area contributed by atoms with Gasteiger partial charge in [0.15, 0.2) is 0 Å². The zero-order chi connectivity index (χ0) is 10.6. The third kappa shape index (κ3) is 3.54. The predicted octanol–water partition coefficient (Wildman–Crippen LogP) is 0.855. The van der Waals surface area contributed by atoms with Crippen LogP contribution in [0.25, 0.3) is 0 Å². The second-order valence-corrected chi connectivity index (χ2v) is 4.09. The molecule has 0 aromatic rings. The molecule has 0 aromatic carbocycles. The summed E-state index contributed by atoms with van der Waals surface area (Å²) in [4.78, 5) is 11.3. The van der Waals surface area contributed by atoms with Gasteiger partial charge in [0.1, 0.15) is 0 Å². The van der Waals surface area contributed by atoms with Crippen molar-refractivity contribution in [1.82, 2.24) is 10.6 Å². The topological polar surface area (TPSA) is 61.4 Å². The van der Waals surface area contributed by atoms with Crippen LogP contribution in [-0.2, 0) is 0 Å². The largest absolute Gasteiger partial charge is 0.394 e. The van der Waals surface area contributed by atoms with Crippen LogP contribution in [0, 0.1) is 5.92 Å². The van der Waals surface area contributed by atoms with Crippen LogP contribution in [0.5, 0.6) is 0 Å². The highest BCUT2D eigenvalue weighted by molar-refractivity contribution is 5.74. The van der Waals surface area contributed by atoms with Gasteiger partial charge in [-0.1, -0.05) is 13.3 Å². The number of nitrogens with one attached hydrogen (secondary N) is 2. The van der Waals surface area contributed by atoms with Crippen molar-refractivity contribution in [2.75, 3.05) is 6.61 Å². The molecule has 14 heavy (non-hydrogen) atoms. The van der Waals surface area contributed by atoms with E-state index in [0.717, 1.165) is 6.42 Å². The highest BCUT2D eigenvalue weighted by Gasteiger charge is 2.37. The number of aliphatic hydroxyl groups excluding tert-OH is 1. The first-order valence-corrected chi connectivity index (χ1v) is 5.35. The molecule has 1 fully saturated rings. The molecule has 0 aromatic heterocycles. The van der Waals surface area contributed by atoms with Gasteiger partial charge in [0.2, 0.25) is 0 Å². The van der Waals surface area contributed by atoms with E-state index in [1.54, 1.807) is 6.92 Å². The molecule has 3 atom stereocenters. The van der Waals surface area contributed by atoms with Gasteiger partial charge in [0, 0.05) is 6.04 Å². The van der Waals surface area contributed by atoms with Gasteiger partial charge in [-0.3, -0.25) is 0 Å². The third-order valence-corrected chi connectivity index (χ3v) is 2.55. The summed E-state index contributed by atoms with van der Waals surface area (Å²) in [5, 5.41) is 14.3. The lowest BCUT2D eigenvalue weighted by molar-refractivity contribution is 0.220. The number of carbonyl (C=O) groups excluding carboxylic acids is 1. The maximum Gasteiger partial charge on any atom is 0.315 e. The van der Waals surface area contributed by atoms with Gasteiger partial charge < -0.3 is 15.7 Å². The molecule has 0 radical (unpaired) electrons. The summed E-state index contributed by atoms with van der Waals surface area (Å²) >= 11 is 0. The Labute approximate surface area is 85.1 Å². The van der Waals surface area contributed by atoms with Crippen LogP contribution in [0.1, 0.15) is 33.1 Å². The SMILES string of the molecule is CCCC1CC1NC(=O)NC(C)CO. The van der Waals surface area contributed by atoms with E-state index >= 15 is 0 Å². The lowest BCUT2D eigenvalue weighted by Crippen LogP contribution is -2.43. The molecule has 4 nitrogen and oxygen atoms in total. The van der Waals surface area contributed by atoms with Crippen molar-refractivity contribution in [3.05, 3.63) is 0 Å². The van der Waals surface area contributed by atoms with E-state index < -0.39 is 0 Å². The zero-order valence-electron chi connectivity index (χ0n) is 8.92. The van der Waals surface area contributed by atoms with Crippen molar-refractivity contribution in [2.24, 2.45) is 5.92 Å². The molecule has 0 saturated heterocycles. The second-order valence-electron chi connectivity index (χ2n) is 4.09. The number of amides is 2. The van der Waals surface area contributed by atoms with Gasteiger partial charge in [-0.15, -0.1) is 0 Å². The summed E-state index contributed by atoms with van der Waals surface area (Å²) in [6, 6.07) is 0.0365. The van der Waals surface area contributed by atoms with E-state index in [4.69, 9.17) is 5.11 Å². The Morgan fingerprint density at radius 3 is 2.93 bits per heavy atom. The first-order chi connectivity index (χ1) is 6.67. The molecule has 1 aliphatic carbocycles. The van der Waals surface area contributed by atoms with E-state index in [-0.39, 0.29) is 18.7 Å². The van der Waals surface area contributed by atoms with Crippen molar-refractivity contribution in [3.63, 3.8) is 0 Å². The standard InChI is InChI=1S/C10H20N2O2/c1-3-4-8-5-9(8)12-10(14)11-7(2)6-13/h7-9,13H,3-6H2,1-2H3,(H2,11,12,14). The molecular weight excluding hydrogens is 180 g/mol. The molecule has 0 heterocycles. The van der Waals surface area contributed by atoms with Crippen molar-refractivity contribution in [2.45, 2.75) is 45.2 Å². The van der Waals surface area contributed by atoms with Crippen molar-refractivity contribution >= 4 is 6.03 Å². The molecular formula is C10H20N2O2. The number of hydrogen-bond donors (Lipinski definition) is 3. The first kappa shape index (κ1) is 11.3. The fraction of sp³-hybridized carbons (Fsp3) is 0.900. The van der Waals surface area contributed by atoms with E-state index in [1.165, 1.54) is 12.8 Å². The highest BCUT2D eigenvalue weighted by atomic mass is 16.3. The van der Waals surface area contributed by atoms with Crippen LogP contribution in [-0.4, -0.2) is 29.8 Å². The zero-order valence-corrected chi connectivity index (χ0v) is 8.92. The predicted molar refractivity (Wildman–Crippen MR) is 55.0 cm³/mol. The first-order valence-electron chi connectivity index (χ1n) is 5.35. The van der Waals surface area contributed by atoms with E-state index in [2.05, 4.69) is 17.6 Å². The molecule has 3 N–H and O–H groups in total. The minimum absolute atomic E-state index is 0.0174. The average Bonchev–Trinajstić information content (AvgIpc) is 2.83. The van der Waals surface area contributed by atoms with Crippen LogP contribution in [0.15, 0.2) is 0 Å². The summed E-state index contributed by atoms with van der Waals surface area (Å²) in [7, 11) is 0. The number of rotatable bonds is 5. The average molecular weight is 200 g/mol. The number of carbonyl (C=O) groups is 1. The summed E-state index contributed by atoms with van der Waals surface area (Å²) in [5.41, 5.74) is 0. The Kier molecular flexibility index (Phi) is 4.20. The maximum absolute atomic E-state index is 11.3. The van der Waals surface area contributed by atoms with Gasteiger partial charge in [-0.25, -0.2) is 4.79 Å². The summed E-state index contributed by atoms with van der Waals surface area (Å²) in [6.07, 6.45) is 3.48. The minimum atomic E-state index is -0.168. The molecule has 1 rings (SSSR count). The molecule has 0 aliphatic heterocycles. The third-order valence-electron chi connectivity index (χ3n) is 2.55. The number of hydrogen-bond acceptors (Lipinski definition) is 2. The minimum Gasteiger partial charge on any atom is -0.394 e. The van der Waals surface area contributed by atoms with Gasteiger partial charge in [-0.2, -0.15) is 0 Å². The van der Waals surface area contributed by atoms with Gasteiger partial charge in [0.05, 0.1) is 12.6 Å².